The van der Waals surface area contributed by atoms with Gasteiger partial charge in [0.05, 0.1) is 40.3 Å². The van der Waals surface area contributed by atoms with Gasteiger partial charge in [0.15, 0.2) is 5.78 Å². The fraction of sp³-hybridized carbons (Fsp3) is 0.318. The number of nitrogens with one attached hydrogen (secondary N) is 1. The second-order valence-electron chi connectivity index (χ2n) is 7.61. The van der Waals surface area contributed by atoms with Gasteiger partial charge in [0, 0.05) is 11.6 Å². The number of rotatable bonds is 3. The number of H-pyrrole nitrogens is 1. The van der Waals surface area contributed by atoms with E-state index in [1.54, 1.807) is 0 Å². The number of aromatic nitrogens is 4. The van der Waals surface area contributed by atoms with Crippen molar-refractivity contribution in [2.45, 2.75) is 45.1 Å². The molecule has 0 aliphatic heterocycles. The van der Waals surface area contributed by atoms with E-state index in [-0.39, 0.29) is 11.3 Å². The zero-order valence-corrected chi connectivity index (χ0v) is 15.7. The Morgan fingerprint density at radius 2 is 2.00 bits per heavy atom. The van der Waals surface area contributed by atoms with Crippen molar-refractivity contribution in [1.82, 2.24) is 19.5 Å². The summed E-state index contributed by atoms with van der Waals surface area (Å²) in [5.41, 5.74) is 4.59. The van der Waals surface area contributed by atoms with Crippen LogP contribution in [0.4, 0.5) is 4.39 Å². The summed E-state index contributed by atoms with van der Waals surface area (Å²) in [5.74, 6) is -0.855. The van der Waals surface area contributed by atoms with E-state index in [0.717, 1.165) is 16.6 Å². The number of fused-ring (bicyclic) bond motifs is 2. The second-order valence-corrected chi connectivity index (χ2v) is 7.61. The fourth-order valence-corrected chi connectivity index (χ4v) is 4.49. The molecule has 1 N–H and O–H groups in total. The van der Waals surface area contributed by atoms with Gasteiger partial charge in [0.25, 0.3) is 0 Å². The molecule has 2 heterocycles. The molecule has 1 fully saturated rings. The quantitative estimate of drug-likeness (QED) is 0.485. The molecular weight excluding hydrogens is 355 g/mol. The van der Waals surface area contributed by atoms with Gasteiger partial charge in [-0.2, -0.15) is 0 Å². The molecule has 6 heteroatoms. The molecule has 0 saturated heterocycles. The molecule has 2 aromatic carbocycles. The lowest BCUT2D eigenvalue weighted by Crippen LogP contribution is -2.11. The van der Waals surface area contributed by atoms with Crippen molar-refractivity contribution < 1.29 is 9.18 Å². The fourth-order valence-electron chi connectivity index (χ4n) is 4.49. The summed E-state index contributed by atoms with van der Waals surface area (Å²) in [6.45, 7) is 1.36. The average Bonchev–Trinajstić information content (AvgIpc) is 3.34. The summed E-state index contributed by atoms with van der Waals surface area (Å²) in [6, 6.07) is 7.93. The Kier molecular flexibility index (Phi) is 4.00. The normalized spacial score (nSPS) is 15.5. The summed E-state index contributed by atoms with van der Waals surface area (Å²) in [7, 11) is 0. The first-order chi connectivity index (χ1) is 13.6. The van der Waals surface area contributed by atoms with Crippen LogP contribution in [0, 0.1) is 5.82 Å². The van der Waals surface area contributed by atoms with Gasteiger partial charge in [0.1, 0.15) is 5.82 Å². The molecule has 0 spiro atoms. The van der Waals surface area contributed by atoms with Crippen LogP contribution in [0.1, 0.15) is 55.4 Å². The molecule has 1 aliphatic rings. The van der Waals surface area contributed by atoms with Crippen molar-refractivity contribution >= 4 is 27.9 Å². The van der Waals surface area contributed by atoms with Crippen molar-refractivity contribution in [3.63, 3.8) is 0 Å². The molecule has 0 unspecified atom stereocenters. The van der Waals surface area contributed by atoms with E-state index in [0.29, 0.717) is 22.6 Å². The number of hydrogen-bond acceptors (Lipinski definition) is 3. The SMILES string of the molecule is CC(=O)c1c(F)cc(-c2ccc3c(c2)ncn3C2CCCCC2)c2nc[nH]c12. The Bertz CT molecular complexity index is 1200. The van der Waals surface area contributed by atoms with Crippen LogP contribution in [0.2, 0.25) is 0 Å². The lowest BCUT2D eigenvalue weighted by atomic mass is 9.95. The maximum absolute atomic E-state index is 14.7. The van der Waals surface area contributed by atoms with Gasteiger partial charge in [-0.05, 0) is 43.5 Å². The minimum atomic E-state index is -0.535. The van der Waals surface area contributed by atoms with Crippen LogP contribution in [0.25, 0.3) is 33.2 Å². The summed E-state index contributed by atoms with van der Waals surface area (Å²) < 4.78 is 16.9. The van der Waals surface area contributed by atoms with Gasteiger partial charge < -0.3 is 9.55 Å². The lowest BCUT2D eigenvalue weighted by molar-refractivity contribution is 0.101. The number of imidazole rings is 2. The molecule has 1 saturated carbocycles. The van der Waals surface area contributed by atoms with Gasteiger partial charge in [0.2, 0.25) is 0 Å². The van der Waals surface area contributed by atoms with Crippen LogP contribution in [0.5, 0.6) is 0 Å². The van der Waals surface area contributed by atoms with Crippen molar-refractivity contribution in [2.75, 3.05) is 0 Å². The van der Waals surface area contributed by atoms with Crippen molar-refractivity contribution in [3.05, 3.63) is 48.3 Å². The van der Waals surface area contributed by atoms with Gasteiger partial charge in [-0.25, -0.2) is 14.4 Å². The van der Waals surface area contributed by atoms with E-state index in [9.17, 15) is 9.18 Å². The molecule has 1 aliphatic carbocycles. The molecule has 0 bridgehead atoms. The Morgan fingerprint density at radius 3 is 2.79 bits per heavy atom. The third-order valence-corrected chi connectivity index (χ3v) is 5.86. The average molecular weight is 376 g/mol. The van der Waals surface area contributed by atoms with Crippen LogP contribution in [0.15, 0.2) is 36.9 Å². The molecule has 4 aromatic rings. The zero-order valence-electron chi connectivity index (χ0n) is 15.7. The predicted molar refractivity (Wildman–Crippen MR) is 107 cm³/mol. The van der Waals surface area contributed by atoms with E-state index in [1.807, 2.05) is 18.5 Å². The maximum Gasteiger partial charge on any atom is 0.164 e. The van der Waals surface area contributed by atoms with Crippen LogP contribution in [-0.4, -0.2) is 25.3 Å². The highest BCUT2D eigenvalue weighted by atomic mass is 19.1. The second kappa shape index (κ2) is 6.55. The maximum atomic E-state index is 14.7. The number of benzene rings is 2. The van der Waals surface area contributed by atoms with E-state index in [2.05, 4.69) is 25.6 Å². The van der Waals surface area contributed by atoms with Crippen LogP contribution in [0.3, 0.4) is 0 Å². The van der Waals surface area contributed by atoms with Crippen LogP contribution >= 0.6 is 0 Å². The highest BCUT2D eigenvalue weighted by molar-refractivity contribution is 6.08. The molecule has 0 atom stereocenters. The predicted octanol–water partition coefficient (Wildman–Crippen LogP) is 5.43. The minimum absolute atomic E-state index is 0.0545. The highest BCUT2D eigenvalue weighted by Crippen LogP contribution is 2.35. The van der Waals surface area contributed by atoms with Crippen molar-refractivity contribution in [1.29, 1.82) is 0 Å². The van der Waals surface area contributed by atoms with Crippen LogP contribution < -0.4 is 0 Å². The standard InChI is InChI=1S/C22H21FN4O/c1-13(28)20-17(23)10-16(21-22(20)25-11-24-21)14-7-8-19-18(9-14)26-12-27(19)15-5-3-2-4-6-15/h7-12,15H,2-6H2,1H3,(H,24,25). The van der Waals surface area contributed by atoms with Gasteiger partial charge in [-0.15, -0.1) is 0 Å². The number of Topliss-reactive ketones (excluding diaryl/α,β-unsaturated/α-hetero) is 1. The third-order valence-electron chi connectivity index (χ3n) is 5.86. The Hall–Kier alpha value is -3.02. The lowest BCUT2D eigenvalue weighted by Gasteiger charge is -2.23. The molecular formula is C22H21FN4O. The summed E-state index contributed by atoms with van der Waals surface area (Å²) in [6.07, 6.45) is 9.65. The van der Waals surface area contributed by atoms with E-state index < -0.39 is 5.82 Å². The monoisotopic (exact) mass is 376 g/mol. The van der Waals surface area contributed by atoms with Gasteiger partial charge in [-0.3, -0.25) is 4.79 Å². The summed E-state index contributed by atoms with van der Waals surface area (Å²) >= 11 is 0. The number of ketones is 1. The molecule has 0 radical (unpaired) electrons. The van der Waals surface area contributed by atoms with Crippen LogP contribution in [-0.2, 0) is 0 Å². The van der Waals surface area contributed by atoms with Crippen molar-refractivity contribution in [2.24, 2.45) is 0 Å². The molecule has 0 amide bonds. The number of nitrogens with zero attached hydrogens (tertiary/aromatic N) is 3. The van der Waals surface area contributed by atoms with E-state index in [1.165, 1.54) is 51.4 Å². The summed E-state index contributed by atoms with van der Waals surface area (Å²) in [4.78, 5) is 23.7. The highest BCUT2D eigenvalue weighted by Gasteiger charge is 2.20. The largest absolute Gasteiger partial charge is 0.344 e. The van der Waals surface area contributed by atoms with Gasteiger partial charge in [-0.1, -0.05) is 25.3 Å². The molecule has 5 rings (SSSR count). The number of aromatic amines is 1. The topological polar surface area (TPSA) is 63.6 Å². The first-order valence-corrected chi connectivity index (χ1v) is 9.77. The first-order valence-electron chi connectivity index (χ1n) is 9.77. The summed E-state index contributed by atoms with van der Waals surface area (Å²) in [5, 5.41) is 0. The Balaban J connectivity index is 1.63. The third kappa shape index (κ3) is 2.63. The molecule has 2 aromatic heterocycles. The number of hydrogen-bond donors (Lipinski definition) is 1. The molecule has 142 valence electrons. The van der Waals surface area contributed by atoms with E-state index in [4.69, 9.17) is 0 Å². The minimum Gasteiger partial charge on any atom is -0.344 e. The Morgan fingerprint density at radius 1 is 1.18 bits per heavy atom. The zero-order chi connectivity index (χ0) is 19.3. The number of halogens is 1. The Labute approximate surface area is 161 Å². The molecule has 5 nitrogen and oxygen atoms in total. The van der Waals surface area contributed by atoms with Crippen molar-refractivity contribution in [3.8, 4) is 11.1 Å². The molecule has 28 heavy (non-hydrogen) atoms. The van der Waals surface area contributed by atoms with Gasteiger partial charge >= 0.3 is 0 Å². The first kappa shape index (κ1) is 17.1. The smallest absolute Gasteiger partial charge is 0.164 e. The number of carbonyl (C=O) groups excluding carboxylic acids is 1. The number of carbonyl (C=O) groups is 1. The van der Waals surface area contributed by atoms with E-state index >= 15 is 0 Å².